The molecule has 29 heavy (non-hydrogen) atoms. The zero-order valence-electron chi connectivity index (χ0n) is 13.2. The Morgan fingerprint density at radius 2 is 1.14 bits per heavy atom. The van der Waals surface area contributed by atoms with Gasteiger partial charge in [-0.1, -0.05) is 11.6 Å². The van der Waals surface area contributed by atoms with Crippen molar-refractivity contribution in [3.8, 4) is 5.75 Å². The van der Waals surface area contributed by atoms with E-state index in [-0.39, 0.29) is 6.07 Å². The number of hydrogen-bond acceptors (Lipinski definition) is 1. The molecule has 0 saturated carbocycles. The fourth-order valence-corrected chi connectivity index (χ4v) is 2.73. The molecular weight excluding hydrogens is 534 g/mol. The summed E-state index contributed by atoms with van der Waals surface area (Å²) in [5.74, 6) is -38.3. The molecule has 16 heteroatoms. The van der Waals surface area contributed by atoms with E-state index in [1.807, 2.05) is 0 Å². The van der Waals surface area contributed by atoms with Crippen LogP contribution in [0.15, 0.2) is 16.6 Å². The Hall–Kier alpha value is -1.12. The lowest BCUT2D eigenvalue weighted by Crippen LogP contribution is -2.69. The second-order valence-electron chi connectivity index (χ2n) is 5.34. The molecule has 0 aliphatic carbocycles. The molecular formula is C13H5BrClF13O. The van der Waals surface area contributed by atoms with Crippen LogP contribution >= 0.6 is 27.5 Å². The molecule has 0 heterocycles. The third-order valence-corrected chi connectivity index (χ3v) is 4.53. The van der Waals surface area contributed by atoms with E-state index < -0.39 is 56.6 Å². The van der Waals surface area contributed by atoms with Gasteiger partial charge in [0.2, 0.25) is 0 Å². The zero-order chi connectivity index (χ0) is 23.4. The molecule has 0 saturated heterocycles. The molecule has 0 atom stereocenters. The molecule has 1 aromatic rings. The molecule has 0 aliphatic rings. The van der Waals surface area contributed by atoms with Gasteiger partial charge in [0.05, 0.1) is 11.6 Å². The van der Waals surface area contributed by atoms with E-state index in [4.69, 9.17) is 11.6 Å². The topological polar surface area (TPSA) is 9.23 Å². The van der Waals surface area contributed by atoms with E-state index >= 15 is 0 Å². The first-order valence-electron chi connectivity index (χ1n) is 6.60. The van der Waals surface area contributed by atoms with Crippen molar-refractivity contribution in [1.29, 1.82) is 0 Å². The zero-order valence-corrected chi connectivity index (χ0v) is 15.6. The average Bonchev–Trinajstić information content (AvgIpc) is 2.54. The fraction of sp³-hybridized carbons (Fsp3) is 0.538. The van der Waals surface area contributed by atoms with Crippen LogP contribution in [-0.4, -0.2) is 37.0 Å². The largest absolute Gasteiger partial charge is 0.496 e. The normalized spacial score (nSPS) is 14.9. The predicted octanol–water partition coefficient (Wildman–Crippen LogP) is 7.31. The minimum absolute atomic E-state index is 0.127. The summed E-state index contributed by atoms with van der Waals surface area (Å²) in [4.78, 5) is 0. The van der Waals surface area contributed by atoms with Gasteiger partial charge < -0.3 is 4.74 Å². The number of halogens is 15. The lowest BCUT2D eigenvalue weighted by Gasteiger charge is -2.40. The minimum Gasteiger partial charge on any atom is -0.496 e. The van der Waals surface area contributed by atoms with Crippen molar-refractivity contribution in [3.05, 3.63) is 27.2 Å². The Morgan fingerprint density at radius 3 is 1.52 bits per heavy atom. The van der Waals surface area contributed by atoms with E-state index in [0.29, 0.717) is 6.07 Å². The lowest BCUT2D eigenvalue weighted by molar-refractivity contribution is -0.441. The Balaban J connectivity index is 3.74. The van der Waals surface area contributed by atoms with Gasteiger partial charge in [-0.2, -0.15) is 57.1 Å². The summed E-state index contributed by atoms with van der Waals surface area (Å²) >= 11 is 7.54. The summed E-state index contributed by atoms with van der Waals surface area (Å²) in [7, 11) is 0.767. The van der Waals surface area contributed by atoms with E-state index in [0.717, 1.165) is 7.11 Å². The van der Waals surface area contributed by atoms with Crippen molar-refractivity contribution in [3.63, 3.8) is 0 Å². The van der Waals surface area contributed by atoms with Gasteiger partial charge >= 0.3 is 35.8 Å². The van der Waals surface area contributed by atoms with Gasteiger partial charge in [-0.15, -0.1) is 0 Å². The summed E-state index contributed by atoms with van der Waals surface area (Å²) in [6, 6.07) is 0.562. The summed E-state index contributed by atoms with van der Waals surface area (Å²) in [6.45, 7) is 0. The highest BCUT2D eigenvalue weighted by molar-refractivity contribution is 9.10. The van der Waals surface area contributed by atoms with Crippen LogP contribution in [0, 0.1) is 0 Å². The summed E-state index contributed by atoms with van der Waals surface area (Å²) < 4.78 is 175. The lowest BCUT2D eigenvalue weighted by atomic mass is 9.90. The minimum atomic E-state index is -7.97. The molecule has 0 aliphatic heterocycles. The number of benzene rings is 1. The first-order valence-corrected chi connectivity index (χ1v) is 7.77. The molecule has 1 rings (SSSR count). The molecule has 168 valence electrons. The standard InChI is InChI=1S/C13H5BrClF13O/c1-29-6-3-4(15)2-5(7(6)14)8(16,17)9(18,19)10(20,21)11(22,23)12(24,25)13(26,27)28/h2-3H,1H3. The highest BCUT2D eigenvalue weighted by atomic mass is 79.9. The Labute approximate surface area is 165 Å². The maximum atomic E-state index is 14.2. The third kappa shape index (κ3) is 3.61. The van der Waals surface area contributed by atoms with Gasteiger partial charge in [0.1, 0.15) is 5.75 Å². The summed E-state index contributed by atoms with van der Waals surface area (Å²) in [5.41, 5.74) is -2.24. The Morgan fingerprint density at radius 1 is 0.724 bits per heavy atom. The molecule has 1 aromatic carbocycles. The van der Waals surface area contributed by atoms with Gasteiger partial charge in [0.15, 0.2) is 0 Å². The second kappa shape index (κ2) is 7.24. The van der Waals surface area contributed by atoms with Crippen LogP contribution in [0.3, 0.4) is 0 Å². The van der Waals surface area contributed by atoms with Crippen molar-refractivity contribution < 1.29 is 61.8 Å². The maximum Gasteiger partial charge on any atom is 0.460 e. The number of ether oxygens (including phenoxy) is 1. The van der Waals surface area contributed by atoms with E-state index in [1.165, 1.54) is 0 Å². The monoisotopic (exact) mass is 538 g/mol. The number of alkyl halides is 13. The molecule has 0 amide bonds. The number of methoxy groups -OCH3 is 1. The quantitative estimate of drug-likeness (QED) is 0.345. The molecule has 0 aromatic heterocycles. The van der Waals surface area contributed by atoms with E-state index in [9.17, 15) is 57.1 Å². The van der Waals surface area contributed by atoms with Crippen LogP contribution in [-0.2, 0) is 5.92 Å². The highest BCUT2D eigenvalue weighted by Gasteiger charge is 2.91. The first-order chi connectivity index (χ1) is 12.6. The SMILES string of the molecule is COc1cc(Cl)cc(C(F)(F)C(F)(F)C(F)(F)C(F)(F)C(F)(F)C(F)(F)F)c1Br. The third-order valence-electron chi connectivity index (χ3n) is 3.50. The maximum absolute atomic E-state index is 14.2. The van der Waals surface area contributed by atoms with E-state index in [2.05, 4.69) is 20.7 Å². The Bertz CT molecular complexity index is 775. The number of hydrogen-bond donors (Lipinski definition) is 0. The summed E-state index contributed by atoms with van der Waals surface area (Å²) in [6.07, 6.45) is -7.47. The average molecular weight is 540 g/mol. The van der Waals surface area contributed by atoms with Crippen molar-refractivity contribution in [2.24, 2.45) is 0 Å². The molecule has 0 spiro atoms. The van der Waals surface area contributed by atoms with Gasteiger partial charge in [0, 0.05) is 10.6 Å². The van der Waals surface area contributed by atoms with Gasteiger partial charge in [0.25, 0.3) is 0 Å². The van der Waals surface area contributed by atoms with Crippen molar-refractivity contribution in [2.45, 2.75) is 35.8 Å². The predicted molar refractivity (Wildman–Crippen MR) is 75.4 cm³/mol. The van der Waals surface area contributed by atoms with Crippen LogP contribution in [0.4, 0.5) is 57.1 Å². The van der Waals surface area contributed by atoms with Crippen molar-refractivity contribution in [1.82, 2.24) is 0 Å². The second-order valence-corrected chi connectivity index (χ2v) is 6.57. The van der Waals surface area contributed by atoms with Crippen LogP contribution in [0.1, 0.15) is 5.56 Å². The van der Waals surface area contributed by atoms with Crippen LogP contribution < -0.4 is 4.74 Å². The van der Waals surface area contributed by atoms with Crippen molar-refractivity contribution in [2.75, 3.05) is 7.11 Å². The fourth-order valence-electron chi connectivity index (χ4n) is 1.88. The van der Waals surface area contributed by atoms with Gasteiger partial charge in [-0.25, -0.2) is 0 Å². The summed E-state index contributed by atoms with van der Waals surface area (Å²) in [5, 5.41) is -0.869. The molecule has 0 fully saturated rings. The first kappa shape index (κ1) is 25.9. The van der Waals surface area contributed by atoms with Gasteiger partial charge in [-0.3, -0.25) is 0 Å². The van der Waals surface area contributed by atoms with Crippen LogP contribution in [0.25, 0.3) is 0 Å². The molecule has 0 N–H and O–H groups in total. The molecule has 0 radical (unpaired) electrons. The van der Waals surface area contributed by atoms with Crippen molar-refractivity contribution >= 4 is 27.5 Å². The van der Waals surface area contributed by atoms with Crippen LogP contribution in [0.5, 0.6) is 5.75 Å². The molecule has 1 nitrogen and oxygen atoms in total. The molecule has 0 bridgehead atoms. The van der Waals surface area contributed by atoms with E-state index in [1.54, 1.807) is 0 Å². The molecule has 0 unspecified atom stereocenters. The smallest absolute Gasteiger partial charge is 0.460 e. The highest BCUT2D eigenvalue weighted by Crippen LogP contribution is 2.62. The Kier molecular flexibility index (Phi) is 6.47. The van der Waals surface area contributed by atoms with Gasteiger partial charge in [-0.05, 0) is 28.1 Å². The van der Waals surface area contributed by atoms with Crippen LogP contribution in [0.2, 0.25) is 5.02 Å². The number of rotatable bonds is 6.